The summed E-state index contributed by atoms with van der Waals surface area (Å²) < 4.78 is 5.98. The van der Waals surface area contributed by atoms with Crippen LogP contribution in [0.4, 0.5) is 11.6 Å². The highest BCUT2D eigenvalue weighted by Gasteiger charge is 2.09. The predicted octanol–water partition coefficient (Wildman–Crippen LogP) is 4.59. The molecule has 2 rings (SSSR count). The summed E-state index contributed by atoms with van der Waals surface area (Å²) >= 11 is 6.11. The number of rotatable bonds is 9. The average molecular weight is 349 g/mol. The zero-order chi connectivity index (χ0) is 17.4. The lowest BCUT2D eigenvalue weighted by Crippen LogP contribution is -2.07. The second-order valence-corrected chi connectivity index (χ2v) is 6.17. The molecule has 0 aliphatic heterocycles. The molecule has 0 fully saturated rings. The number of halogens is 1. The van der Waals surface area contributed by atoms with E-state index in [0.29, 0.717) is 17.4 Å². The molecule has 0 saturated heterocycles. The number of unbranched alkanes of at least 4 members (excludes halogenated alkanes) is 3. The van der Waals surface area contributed by atoms with Gasteiger partial charge < -0.3 is 15.8 Å². The Kier molecular flexibility index (Phi) is 7.12. The molecule has 0 spiro atoms. The highest BCUT2D eigenvalue weighted by atomic mass is 35.5. The Bertz CT molecular complexity index is 663. The van der Waals surface area contributed by atoms with Crippen molar-refractivity contribution < 1.29 is 4.74 Å². The highest BCUT2D eigenvalue weighted by molar-refractivity contribution is 6.35. The predicted molar refractivity (Wildman–Crippen MR) is 99.6 cm³/mol. The van der Waals surface area contributed by atoms with E-state index in [1.54, 1.807) is 0 Å². The number of hydrogen-bond donors (Lipinski definition) is 2. The summed E-state index contributed by atoms with van der Waals surface area (Å²) in [5, 5.41) is 3.54. The smallest absolute Gasteiger partial charge is 0.150 e. The lowest BCUT2D eigenvalue weighted by Gasteiger charge is -2.14. The van der Waals surface area contributed by atoms with Gasteiger partial charge in [-0.2, -0.15) is 0 Å². The number of aryl methyl sites for hydroxylation is 1. The SMILES string of the molecule is CCCCCCOc1cc(C)ccc1CNc1ncnc(N)c1Cl. The Balaban J connectivity index is 2.00. The first kappa shape index (κ1) is 18.3. The van der Waals surface area contributed by atoms with Gasteiger partial charge in [-0.1, -0.05) is 49.9 Å². The number of nitrogens with one attached hydrogen (secondary N) is 1. The van der Waals surface area contributed by atoms with Crippen molar-refractivity contribution in [3.05, 3.63) is 40.7 Å². The van der Waals surface area contributed by atoms with Crippen LogP contribution in [-0.2, 0) is 6.54 Å². The van der Waals surface area contributed by atoms with Gasteiger partial charge in [0.1, 0.15) is 22.9 Å². The van der Waals surface area contributed by atoms with E-state index in [1.807, 2.05) is 0 Å². The molecule has 0 atom stereocenters. The Morgan fingerprint density at radius 2 is 2.04 bits per heavy atom. The lowest BCUT2D eigenvalue weighted by atomic mass is 10.1. The Labute approximate surface area is 148 Å². The number of hydrogen-bond acceptors (Lipinski definition) is 5. The number of anilines is 2. The molecule has 24 heavy (non-hydrogen) atoms. The molecular weight excluding hydrogens is 324 g/mol. The minimum absolute atomic E-state index is 0.269. The summed E-state index contributed by atoms with van der Waals surface area (Å²) in [7, 11) is 0. The van der Waals surface area contributed by atoms with Gasteiger partial charge in [0.05, 0.1) is 6.61 Å². The van der Waals surface area contributed by atoms with E-state index < -0.39 is 0 Å². The summed E-state index contributed by atoms with van der Waals surface area (Å²) in [6, 6.07) is 6.19. The third-order valence-corrected chi connectivity index (χ3v) is 4.11. The second kappa shape index (κ2) is 9.33. The van der Waals surface area contributed by atoms with Gasteiger partial charge in [-0.25, -0.2) is 9.97 Å². The Morgan fingerprint density at radius 3 is 2.83 bits per heavy atom. The maximum absolute atomic E-state index is 6.11. The molecule has 1 aromatic heterocycles. The Morgan fingerprint density at radius 1 is 1.21 bits per heavy atom. The van der Waals surface area contributed by atoms with Crippen molar-refractivity contribution >= 4 is 23.2 Å². The minimum atomic E-state index is 0.269. The number of benzene rings is 1. The van der Waals surface area contributed by atoms with Gasteiger partial charge >= 0.3 is 0 Å². The molecule has 1 aromatic carbocycles. The highest BCUT2D eigenvalue weighted by Crippen LogP contribution is 2.26. The van der Waals surface area contributed by atoms with Crippen LogP contribution in [0.3, 0.4) is 0 Å². The van der Waals surface area contributed by atoms with Crippen LogP contribution in [0, 0.1) is 6.92 Å². The van der Waals surface area contributed by atoms with Gasteiger partial charge in [-0.3, -0.25) is 0 Å². The van der Waals surface area contributed by atoms with Crippen LogP contribution in [-0.4, -0.2) is 16.6 Å². The standard InChI is InChI=1S/C18H25ClN4O/c1-3-4-5-6-9-24-15-10-13(2)7-8-14(15)11-21-18-16(19)17(20)22-12-23-18/h7-8,10,12H,3-6,9,11H2,1-2H3,(H3,20,21,22,23). The van der Waals surface area contributed by atoms with E-state index >= 15 is 0 Å². The van der Waals surface area contributed by atoms with Crippen LogP contribution in [0.25, 0.3) is 0 Å². The van der Waals surface area contributed by atoms with Gasteiger partial charge in [0.25, 0.3) is 0 Å². The molecule has 130 valence electrons. The fraction of sp³-hybridized carbons (Fsp3) is 0.444. The summed E-state index contributed by atoms with van der Waals surface area (Å²) in [5.41, 5.74) is 7.93. The van der Waals surface area contributed by atoms with Crippen molar-refractivity contribution in [2.45, 2.75) is 46.1 Å². The molecule has 6 heteroatoms. The molecule has 3 N–H and O–H groups in total. The maximum Gasteiger partial charge on any atom is 0.150 e. The topological polar surface area (TPSA) is 73.1 Å². The first-order chi connectivity index (χ1) is 11.6. The van der Waals surface area contributed by atoms with Crippen molar-refractivity contribution in [1.29, 1.82) is 0 Å². The monoisotopic (exact) mass is 348 g/mol. The van der Waals surface area contributed by atoms with Gasteiger partial charge in [-0.15, -0.1) is 0 Å². The molecular formula is C18H25ClN4O. The molecule has 5 nitrogen and oxygen atoms in total. The number of nitrogens with zero attached hydrogens (tertiary/aromatic N) is 2. The zero-order valence-corrected chi connectivity index (χ0v) is 15.1. The van der Waals surface area contributed by atoms with Gasteiger partial charge in [-0.05, 0) is 25.0 Å². The van der Waals surface area contributed by atoms with Crippen molar-refractivity contribution in [1.82, 2.24) is 9.97 Å². The van der Waals surface area contributed by atoms with Crippen molar-refractivity contribution in [2.75, 3.05) is 17.7 Å². The van der Waals surface area contributed by atoms with Gasteiger partial charge in [0.2, 0.25) is 0 Å². The molecule has 0 bridgehead atoms. The molecule has 0 unspecified atom stereocenters. The van der Waals surface area contributed by atoms with Crippen molar-refractivity contribution in [2.24, 2.45) is 0 Å². The first-order valence-electron chi connectivity index (χ1n) is 8.34. The molecule has 0 amide bonds. The first-order valence-corrected chi connectivity index (χ1v) is 8.71. The number of ether oxygens (including phenoxy) is 1. The quantitative estimate of drug-likeness (QED) is 0.648. The van der Waals surface area contributed by atoms with Crippen molar-refractivity contribution in [3.63, 3.8) is 0 Å². The van der Waals surface area contributed by atoms with E-state index in [9.17, 15) is 0 Å². The summed E-state index contributed by atoms with van der Waals surface area (Å²) in [6.45, 7) is 5.55. The molecule has 0 aliphatic carbocycles. The van der Waals surface area contributed by atoms with Gasteiger partial charge in [0.15, 0.2) is 5.82 Å². The average Bonchev–Trinajstić information content (AvgIpc) is 2.57. The minimum Gasteiger partial charge on any atom is -0.493 e. The van der Waals surface area contributed by atoms with Crippen LogP contribution in [0.5, 0.6) is 5.75 Å². The fourth-order valence-corrected chi connectivity index (χ4v) is 2.50. The van der Waals surface area contributed by atoms with Crippen LogP contribution in [0.15, 0.2) is 24.5 Å². The van der Waals surface area contributed by atoms with E-state index in [4.69, 9.17) is 22.1 Å². The third-order valence-electron chi connectivity index (χ3n) is 3.74. The van der Waals surface area contributed by atoms with E-state index in [2.05, 4.69) is 47.3 Å². The summed E-state index contributed by atoms with van der Waals surface area (Å²) in [4.78, 5) is 7.98. The summed E-state index contributed by atoms with van der Waals surface area (Å²) in [6.07, 6.45) is 6.14. The van der Waals surface area contributed by atoms with E-state index in [-0.39, 0.29) is 5.82 Å². The van der Waals surface area contributed by atoms with E-state index in [0.717, 1.165) is 24.3 Å². The van der Waals surface area contributed by atoms with Crippen LogP contribution in [0.2, 0.25) is 5.02 Å². The molecule has 0 radical (unpaired) electrons. The number of nitrogens with two attached hydrogens (primary N) is 1. The van der Waals surface area contributed by atoms with Crippen LogP contribution < -0.4 is 15.8 Å². The van der Waals surface area contributed by atoms with Crippen LogP contribution in [0.1, 0.15) is 43.7 Å². The molecule has 0 saturated carbocycles. The van der Waals surface area contributed by atoms with Crippen molar-refractivity contribution in [3.8, 4) is 5.75 Å². The Hall–Kier alpha value is -2.01. The lowest BCUT2D eigenvalue weighted by molar-refractivity contribution is 0.302. The number of nitrogen functional groups attached to an aromatic ring is 1. The maximum atomic E-state index is 6.11. The van der Waals surface area contributed by atoms with Crippen LogP contribution >= 0.6 is 11.6 Å². The van der Waals surface area contributed by atoms with Gasteiger partial charge in [0, 0.05) is 12.1 Å². The third kappa shape index (κ3) is 5.27. The number of aromatic nitrogens is 2. The zero-order valence-electron chi connectivity index (χ0n) is 14.3. The van der Waals surface area contributed by atoms with E-state index in [1.165, 1.54) is 31.2 Å². The molecule has 0 aliphatic rings. The largest absolute Gasteiger partial charge is 0.493 e. The second-order valence-electron chi connectivity index (χ2n) is 5.80. The molecule has 2 aromatic rings. The summed E-state index contributed by atoms with van der Waals surface area (Å²) in [5.74, 6) is 1.70. The normalized spacial score (nSPS) is 10.6. The molecule has 1 heterocycles. The fourth-order valence-electron chi connectivity index (χ4n) is 2.34.